The van der Waals surface area contributed by atoms with Crippen molar-refractivity contribution in [1.82, 2.24) is 5.43 Å². The zero-order chi connectivity index (χ0) is 16.0. The van der Waals surface area contributed by atoms with E-state index in [1.165, 1.54) is 76.3 Å². The first-order valence-corrected chi connectivity index (χ1v) is 9.59. The van der Waals surface area contributed by atoms with Gasteiger partial charge in [-0.1, -0.05) is 71.6 Å². The largest absolute Gasteiger partial charge is 0.273 e. The molecule has 1 atom stereocenters. The van der Waals surface area contributed by atoms with Crippen LogP contribution in [0.25, 0.3) is 0 Å². The highest BCUT2D eigenvalue weighted by molar-refractivity contribution is 5.88. The normalized spacial score (nSPS) is 20.3. The fourth-order valence-electron chi connectivity index (χ4n) is 3.12. The van der Waals surface area contributed by atoms with Gasteiger partial charge >= 0.3 is 0 Å². The lowest BCUT2D eigenvalue weighted by molar-refractivity contribution is -0.121. The molecule has 0 aromatic carbocycles. The Morgan fingerprint density at radius 3 is 2.32 bits per heavy atom. The summed E-state index contributed by atoms with van der Waals surface area (Å²) in [5.41, 5.74) is 3.94. The molecule has 1 aliphatic carbocycles. The number of hydrogen-bond acceptors (Lipinski definition) is 2. The lowest BCUT2D eigenvalue weighted by Gasteiger charge is -2.19. The zero-order valence-electron chi connectivity index (χ0n) is 14.8. The van der Waals surface area contributed by atoms with Crippen LogP contribution in [0.3, 0.4) is 0 Å². The van der Waals surface area contributed by atoms with E-state index in [2.05, 4.69) is 24.4 Å². The number of nitrogens with zero attached hydrogens (tertiary/aromatic N) is 1. The molecule has 0 aromatic rings. The number of nitrogens with one attached hydrogen (secondary N) is 1. The van der Waals surface area contributed by atoms with Crippen LogP contribution in [0, 0.1) is 5.92 Å². The fourth-order valence-corrected chi connectivity index (χ4v) is 3.12. The number of hydrazone groups is 1. The molecule has 3 nitrogen and oxygen atoms in total. The molecule has 1 aliphatic rings. The monoisotopic (exact) mass is 308 g/mol. The van der Waals surface area contributed by atoms with Crippen LogP contribution in [-0.2, 0) is 4.79 Å². The fraction of sp³-hybridized carbons (Fsp3) is 0.895. The molecule has 1 N–H and O–H groups in total. The number of hydrogen-bond donors (Lipinski definition) is 1. The van der Waals surface area contributed by atoms with E-state index in [4.69, 9.17) is 0 Å². The van der Waals surface area contributed by atoms with Gasteiger partial charge in [-0.3, -0.25) is 4.79 Å². The molecule has 0 spiro atoms. The van der Waals surface area contributed by atoms with E-state index < -0.39 is 0 Å². The highest BCUT2D eigenvalue weighted by atomic mass is 16.2. The third kappa shape index (κ3) is 9.22. The Kier molecular flexibility index (Phi) is 11.0. The van der Waals surface area contributed by atoms with Crippen molar-refractivity contribution in [3.63, 3.8) is 0 Å². The van der Waals surface area contributed by atoms with Crippen molar-refractivity contribution < 1.29 is 4.79 Å². The van der Waals surface area contributed by atoms with Crippen LogP contribution in [0.5, 0.6) is 0 Å². The summed E-state index contributed by atoms with van der Waals surface area (Å²) in [6.07, 6.45) is 17.0. The summed E-state index contributed by atoms with van der Waals surface area (Å²) in [6.45, 7) is 4.47. The van der Waals surface area contributed by atoms with E-state index in [-0.39, 0.29) is 5.91 Å². The minimum Gasteiger partial charge on any atom is -0.273 e. The first-order valence-electron chi connectivity index (χ1n) is 9.59. The number of rotatable bonds is 11. The predicted molar refractivity (Wildman–Crippen MR) is 95.1 cm³/mol. The lowest BCUT2D eigenvalue weighted by atomic mass is 9.89. The standard InChI is InChI=1S/C19H36N2O/c1-3-4-5-6-7-8-9-10-11-16-19(22)21-20-18-15-13-12-14-17(18)2/h17H,3-16H2,1-2H3,(H,21,22)/b20-18+. The molecule has 0 saturated heterocycles. The Balaban J connectivity index is 1.96. The second-order valence-electron chi connectivity index (χ2n) is 6.86. The molecule has 0 heterocycles. The smallest absolute Gasteiger partial charge is 0.240 e. The maximum atomic E-state index is 11.8. The lowest BCUT2D eigenvalue weighted by Crippen LogP contribution is -2.24. The van der Waals surface area contributed by atoms with Crippen LogP contribution >= 0.6 is 0 Å². The molecular weight excluding hydrogens is 272 g/mol. The SMILES string of the molecule is CCCCCCCCCCCC(=O)N/N=C1\CCCCC1C. The van der Waals surface area contributed by atoms with E-state index in [0.29, 0.717) is 12.3 Å². The molecule has 0 aromatic heterocycles. The quantitative estimate of drug-likeness (QED) is 0.392. The maximum absolute atomic E-state index is 11.8. The highest BCUT2D eigenvalue weighted by Crippen LogP contribution is 2.20. The van der Waals surface area contributed by atoms with Gasteiger partial charge in [-0.05, 0) is 31.6 Å². The Morgan fingerprint density at radius 1 is 1.05 bits per heavy atom. The summed E-state index contributed by atoms with van der Waals surface area (Å²) in [4.78, 5) is 11.8. The molecule has 1 fully saturated rings. The van der Waals surface area contributed by atoms with Gasteiger partial charge in [0.2, 0.25) is 5.91 Å². The second kappa shape index (κ2) is 12.7. The van der Waals surface area contributed by atoms with Crippen molar-refractivity contribution in [2.24, 2.45) is 11.0 Å². The Bertz CT molecular complexity index is 325. The van der Waals surface area contributed by atoms with Crippen LogP contribution in [0.1, 0.15) is 104 Å². The van der Waals surface area contributed by atoms with Gasteiger partial charge in [-0.15, -0.1) is 0 Å². The summed E-state index contributed by atoms with van der Waals surface area (Å²) in [5.74, 6) is 0.634. The Morgan fingerprint density at radius 2 is 1.68 bits per heavy atom. The summed E-state index contributed by atoms with van der Waals surface area (Å²) in [7, 11) is 0. The second-order valence-corrected chi connectivity index (χ2v) is 6.86. The molecule has 0 radical (unpaired) electrons. The number of unbranched alkanes of at least 4 members (excludes halogenated alkanes) is 8. The first-order chi connectivity index (χ1) is 10.7. The average Bonchev–Trinajstić information content (AvgIpc) is 2.52. The summed E-state index contributed by atoms with van der Waals surface area (Å²) >= 11 is 0. The molecule has 1 unspecified atom stereocenters. The maximum Gasteiger partial charge on any atom is 0.240 e. The predicted octanol–water partition coefficient (Wildman–Crippen LogP) is 5.59. The minimum absolute atomic E-state index is 0.0909. The van der Waals surface area contributed by atoms with Crippen LogP contribution in [0.15, 0.2) is 5.10 Å². The van der Waals surface area contributed by atoms with Crippen molar-refractivity contribution in [2.45, 2.75) is 104 Å². The van der Waals surface area contributed by atoms with E-state index >= 15 is 0 Å². The highest BCUT2D eigenvalue weighted by Gasteiger charge is 2.15. The van der Waals surface area contributed by atoms with Gasteiger partial charge < -0.3 is 0 Å². The molecular formula is C19H36N2O. The van der Waals surface area contributed by atoms with Crippen molar-refractivity contribution in [3.8, 4) is 0 Å². The third-order valence-corrected chi connectivity index (χ3v) is 4.72. The van der Waals surface area contributed by atoms with Crippen LogP contribution in [-0.4, -0.2) is 11.6 Å². The first kappa shape index (κ1) is 19.2. The van der Waals surface area contributed by atoms with Crippen molar-refractivity contribution >= 4 is 11.6 Å². The number of carbonyl (C=O) groups excluding carboxylic acids is 1. The van der Waals surface area contributed by atoms with E-state index in [0.717, 1.165) is 12.8 Å². The molecule has 22 heavy (non-hydrogen) atoms. The topological polar surface area (TPSA) is 41.5 Å². The van der Waals surface area contributed by atoms with Gasteiger partial charge in [0.15, 0.2) is 0 Å². The average molecular weight is 309 g/mol. The molecule has 1 saturated carbocycles. The molecule has 0 bridgehead atoms. The summed E-state index contributed by atoms with van der Waals surface area (Å²) < 4.78 is 0. The van der Waals surface area contributed by atoms with E-state index in [1.54, 1.807) is 0 Å². The van der Waals surface area contributed by atoms with Crippen LogP contribution in [0.4, 0.5) is 0 Å². The van der Waals surface area contributed by atoms with Gasteiger partial charge in [-0.2, -0.15) is 5.10 Å². The number of carbonyl (C=O) groups is 1. The van der Waals surface area contributed by atoms with Gasteiger partial charge in [0.25, 0.3) is 0 Å². The molecule has 128 valence electrons. The van der Waals surface area contributed by atoms with Gasteiger partial charge in [0.05, 0.1) is 0 Å². The zero-order valence-corrected chi connectivity index (χ0v) is 14.8. The third-order valence-electron chi connectivity index (χ3n) is 4.72. The molecule has 0 aliphatic heterocycles. The van der Waals surface area contributed by atoms with Crippen LogP contribution < -0.4 is 5.43 Å². The minimum atomic E-state index is 0.0909. The van der Waals surface area contributed by atoms with Crippen LogP contribution in [0.2, 0.25) is 0 Å². The van der Waals surface area contributed by atoms with E-state index in [1.807, 2.05) is 0 Å². The molecule has 3 heteroatoms. The Labute approximate surface area is 137 Å². The van der Waals surface area contributed by atoms with Crippen molar-refractivity contribution in [3.05, 3.63) is 0 Å². The van der Waals surface area contributed by atoms with Crippen molar-refractivity contribution in [1.29, 1.82) is 0 Å². The van der Waals surface area contributed by atoms with Gasteiger partial charge in [0.1, 0.15) is 0 Å². The van der Waals surface area contributed by atoms with Gasteiger partial charge in [-0.25, -0.2) is 5.43 Å². The van der Waals surface area contributed by atoms with Gasteiger partial charge in [0, 0.05) is 12.1 Å². The molecule has 1 amide bonds. The number of amides is 1. The Hall–Kier alpha value is -0.860. The summed E-state index contributed by atoms with van der Waals surface area (Å²) in [6, 6.07) is 0. The molecule has 1 rings (SSSR count). The summed E-state index contributed by atoms with van der Waals surface area (Å²) in [5, 5.41) is 4.34. The van der Waals surface area contributed by atoms with E-state index in [9.17, 15) is 4.79 Å². The van der Waals surface area contributed by atoms with Crippen molar-refractivity contribution in [2.75, 3.05) is 0 Å².